The molecule has 1 fully saturated rings. The Morgan fingerprint density at radius 1 is 0.909 bits per heavy atom. The van der Waals surface area contributed by atoms with Crippen LogP contribution in [0.2, 0.25) is 0 Å². The lowest BCUT2D eigenvalue weighted by molar-refractivity contribution is -1.02. The largest absolute Gasteiger partial charge is 0.463 e. The number of hydrogen-bond donors (Lipinski definition) is 3. The molecule has 0 bridgehead atoms. The van der Waals surface area contributed by atoms with Crippen molar-refractivity contribution in [2.45, 2.75) is 13.1 Å². The van der Waals surface area contributed by atoms with Gasteiger partial charge in [0.15, 0.2) is 5.76 Å². The zero-order valence-electron chi connectivity index (χ0n) is 12.8. The highest BCUT2D eigenvalue weighted by atomic mass is 16.3. The van der Waals surface area contributed by atoms with Gasteiger partial charge in [0.1, 0.15) is 39.3 Å². The second-order valence-corrected chi connectivity index (χ2v) is 6.29. The van der Waals surface area contributed by atoms with E-state index in [1.807, 2.05) is 6.07 Å². The third-order valence-corrected chi connectivity index (χ3v) is 4.78. The Morgan fingerprint density at radius 2 is 1.68 bits per heavy atom. The molecule has 0 unspecified atom stereocenters. The van der Waals surface area contributed by atoms with Crippen molar-refractivity contribution in [2.75, 3.05) is 26.2 Å². The molecule has 3 heterocycles. The molecular formula is C18H23N3O+2. The van der Waals surface area contributed by atoms with Gasteiger partial charge in [-0.1, -0.05) is 18.2 Å². The van der Waals surface area contributed by atoms with Crippen molar-refractivity contribution < 1.29 is 14.2 Å². The Bertz CT molecular complexity index is 724. The van der Waals surface area contributed by atoms with Gasteiger partial charge in [-0.15, -0.1) is 0 Å². The number of fused-ring (bicyclic) bond motifs is 1. The van der Waals surface area contributed by atoms with Gasteiger partial charge in [-0.25, -0.2) is 0 Å². The van der Waals surface area contributed by atoms with Gasteiger partial charge in [0, 0.05) is 22.7 Å². The fourth-order valence-corrected chi connectivity index (χ4v) is 3.52. The van der Waals surface area contributed by atoms with E-state index in [4.69, 9.17) is 4.42 Å². The minimum absolute atomic E-state index is 1.02. The first-order valence-electron chi connectivity index (χ1n) is 8.13. The van der Waals surface area contributed by atoms with Gasteiger partial charge in [-0.05, 0) is 18.2 Å². The maximum atomic E-state index is 5.46. The lowest BCUT2D eigenvalue weighted by atomic mass is 10.1. The summed E-state index contributed by atoms with van der Waals surface area (Å²) in [5.41, 5.74) is 2.69. The first kappa shape index (κ1) is 13.6. The molecule has 0 amide bonds. The van der Waals surface area contributed by atoms with Crippen molar-refractivity contribution in [3.8, 4) is 0 Å². The molecule has 1 aromatic carbocycles. The SMILES string of the molecule is c1coc(C[NH+]2CC[NH+](Cc3c[nH]c4ccccc34)CC2)c1. The number of aromatic amines is 1. The number of para-hydroxylation sites is 1. The number of piperazine rings is 1. The van der Waals surface area contributed by atoms with Crippen LogP contribution in [0.1, 0.15) is 11.3 Å². The normalized spacial score (nSPS) is 22.2. The minimum Gasteiger partial charge on any atom is -0.463 e. The molecule has 0 radical (unpaired) electrons. The number of benzene rings is 1. The third kappa shape index (κ3) is 2.80. The topological polar surface area (TPSA) is 37.8 Å². The van der Waals surface area contributed by atoms with Gasteiger partial charge in [0.05, 0.1) is 6.26 Å². The molecule has 0 aliphatic carbocycles. The lowest BCUT2D eigenvalue weighted by Crippen LogP contribution is -3.27. The van der Waals surface area contributed by atoms with E-state index < -0.39 is 0 Å². The van der Waals surface area contributed by atoms with Gasteiger partial charge in [0.25, 0.3) is 0 Å². The molecule has 1 aliphatic rings. The van der Waals surface area contributed by atoms with Crippen LogP contribution in [0.5, 0.6) is 0 Å². The van der Waals surface area contributed by atoms with E-state index in [0.29, 0.717) is 0 Å². The number of nitrogens with one attached hydrogen (secondary N) is 3. The van der Waals surface area contributed by atoms with Gasteiger partial charge >= 0.3 is 0 Å². The van der Waals surface area contributed by atoms with Crippen LogP contribution < -0.4 is 9.80 Å². The Balaban J connectivity index is 1.36. The second kappa shape index (κ2) is 5.99. The molecule has 1 aliphatic heterocycles. The summed E-state index contributed by atoms with van der Waals surface area (Å²) < 4.78 is 5.46. The van der Waals surface area contributed by atoms with Crippen LogP contribution in [-0.2, 0) is 13.1 Å². The fraction of sp³-hybridized carbons (Fsp3) is 0.333. The highest BCUT2D eigenvalue weighted by molar-refractivity contribution is 5.82. The molecular weight excluding hydrogens is 274 g/mol. The summed E-state index contributed by atoms with van der Waals surface area (Å²) in [4.78, 5) is 6.71. The van der Waals surface area contributed by atoms with Crippen LogP contribution in [0.15, 0.2) is 53.3 Å². The molecule has 4 nitrogen and oxygen atoms in total. The van der Waals surface area contributed by atoms with Gasteiger partial charge < -0.3 is 19.2 Å². The van der Waals surface area contributed by atoms with Gasteiger partial charge in [-0.3, -0.25) is 0 Å². The fourth-order valence-electron chi connectivity index (χ4n) is 3.52. The molecule has 4 heteroatoms. The number of aromatic nitrogens is 1. The molecule has 114 valence electrons. The molecule has 2 aromatic heterocycles. The zero-order valence-corrected chi connectivity index (χ0v) is 12.8. The van der Waals surface area contributed by atoms with Crippen molar-refractivity contribution in [2.24, 2.45) is 0 Å². The van der Waals surface area contributed by atoms with E-state index in [2.05, 4.69) is 41.5 Å². The number of hydrogen-bond acceptors (Lipinski definition) is 1. The quantitative estimate of drug-likeness (QED) is 0.634. The molecule has 22 heavy (non-hydrogen) atoms. The average Bonchev–Trinajstić information content (AvgIpc) is 3.20. The summed E-state index contributed by atoms with van der Waals surface area (Å²) in [7, 11) is 0. The summed E-state index contributed by atoms with van der Waals surface area (Å²) in [6.07, 6.45) is 3.95. The Hall–Kier alpha value is -2.04. The number of H-pyrrole nitrogens is 1. The van der Waals surface area contributed by atoms with Crippen LogP contribution in [0.25, 0.3) is 10.9 Å². The minimum atomic E-state index is 1.02. The standard InChI is InChI=1S/C18H21N3O/c1-2-6-18-17(5-1)15(12-19-18)13-20-7-9-21(10-8-20)14-16-4-3-11-22-16/h1-6,11-12,19H,7-10,13-14H2/p+2. The molecule has 0 atom stereocenters. The maximum absolute atomic E-state index is 5.46. The van der Waals surface area contributed by atoms with Crippen molar-refractivity contribution >= 4 is 10.9 Å². The lowest BCUT2D eigenvalue weighted by Gasteiger charge is -2.29. The van der Waals surface area contributed by atoms with Crippen LogP contribution in [0, 0.1) is 0 Å². The van der Waals surface area contributed by atoms with Gasteiger partial charge in [0.2, 0.25) is 0 Å². The first-order valence-corrected chi connectivity index (χ1v) is 8.13. The Morgan fingerprint density at radius 3 is 2.45 bits per heavy atom. The van der Waals surface area contributed by atoms with Crippen molar-refractivity contribution in [3.05, 3.63) is 60.2 Å². The summed E-state index contributed by atoms with van der Waals surface area (Å²) in [6, 6.07) is 12.6. The predicted molar refractivity (Wildman–Crippen MR) is 85.8 cm³/mol. The molecule has 1 saturated heterocycles. The van der Waals surface area contributed by atoms with Gasteiger partial charge in [-0.2, -0.15) is 0 Å². The summed E-state index contributed by atoms with van der Waals surface area (Å²) in [5, 5.41) is 1.38. The third-order valence-electron chi connectivity index (χ3n) is 4.78. The number of rotatable bonds is 4. The summed E-state index contributed by atoms with van der Waals surface area (Å²) in [5.74, 6) is 1.11. The van der Waals surface area contributed by atoms with Crippen molar-refractivity contribution in [1.82, 2.24) is 4.98 Å². The smallest absolute Gasteiger partial charge is 0.157 e. The second-order valence-electron chi connectivity index (χ2n) is 6.29. The van der Waals surface area contributed by atoms with E-state index in [0.717, 1.165) is 18.8 Å². The maximum Gasteiger partial charge on any atom is 0.157 e. The Labute approximate surface area is 130 Å². The van der Waals surface area contributed by atoms with Crippen LogP contribution >= 0.6 is 0 Å². The molecule has 0 spiro atoms. The molecule has 4 rings (SSSR count). The zero-order chi connectivity index (χ0) is 14.8. The number of quaternary nitrogens is 2. The van der Waals surface area contributed by atoms with E-state index >= 15 is 0 Å². The van der Waals surface area contributed by atoms with Crippen LogP contribution in [-0.4, -0.2) is 31.2 Å². The van der Waals surface area contributed by atoms with Crippen molar-refractivity contribution in [3.63, 3.8) is 0 Å². The average molecular weight is 297 g/mol. The highest BCUT2D eigenvalue weighted by Gasteiger charge is 2.24. The molecule has 0 saturated carbocycles. The monoisotopic (exact) mass is 297 g/mol. The summed E-state index contributed by atoms with van der Waals surface area (Å²) in [6.45, 7) is 7.05. The van der Waals surface area contributed by atoms with Crippen LogP contribution in [0.4, 0.5) is 0 Å². The Kier molecular flexibility index (Phi) is 3.70. The predicted octanol–water partition coefficient (Wildman–Crippen LogP) is 0.245. The highest BCUT2D eigenvalue weighted by Crippen LogP contribution is 2.16. The van der Waals surface area contributed by atoms with E-state index in [1.54, 1.807) is 16.1 Å². The number of furan rings is 1. The summed E-state index contributed by atoms with van der Waals surface area (Å²) >= 11 is 0. The molecule has 3 aromatic rings. The van der Waals surface area contributed by atoms with Crippen molar-refractivity contribution in [1.29, 1.82) is 0 Å². The van der Waals surface area contributed by atoms with Crippen LogP contribution in [0.3, 0.4) is 0 Å². The van der Waals surface area contributed by atoms with E-state index in [1.165, 1.54) is 42.6 Å². The van der Waals surface area contributed by atoms with E-state index in [-0.39, 0.29) is 0 Å². The first-order chi connectivity index (χ1) is 10.9. The molecule has 3 N–H and O–H groups in total. The van der Waals surface area contributed by atoms with E-state index in [9.17, 15) is 0 Å².